The van der Waals surface area contributed by atoms with Gasteiger partial charge in [0.05, 0.1) is 10.7 Å². The number of halogens is 2. The molecule has 4 aromatic rings. The van der Waals surface area contributed by atoms with Gasteiger partial charge in [0.2, 0.25) is 11.9 Å². The third-order valence-electron chi connectivity index (χ3n) is 5.94. The monoisotopic (exact) mass is 533 g/mol. The number of hydrogen-bond donors (Lipinski definition) is 4. The van der Waals surface area contributed by atoms with E-state index in [-0.39, 0.29) is 28.5 Å². The molecule has 38 heavy (non-hydrogen) atoms. The molecular formula is C26H25ClFN9O. The predicted octanol–water partition coefficient (Wildman–Crippen LogP) is 4.85. The van der Waals surface area contributed by atoms with E-state index in [4.69, 9.17) is 11.6 Å². The van der Waals surface area contributed by atoms with Crippen molar-refractivity contribution in [3.05, 3.63) is 71.4 Å². The van der Waals surface area contributed by atoms with Gasteiger partial charge in [-0.15, -0.1) is 0 Å². The summed E-state index contributed by atoms with van der Waals surface area (Å²) in [7, 11) is 0. The van der Waals surface area contributed by atoms with Crippen molar-refractivity contribution in [3.8, 4) is 11.5 Å². The molecule has 0 radical (unpaired) electrons. The number of piperidine rings is 1. The van der Waals surface area contributed by atoms with Gasteiger partial charge in [0.1, 0.15) is 23.1 Å². The first-order valence-corrected chi connectivity index (χ1v) is 12.5. The normalized spacial score (nSPS) is 13.7. The molecule has 0 spiro atoms. The molecule has 0 atom stereocenters. The van der Waals surface area contributed by atoms with Gasteiger partial charge in [-0.3, -0.25) is 4.79 Å². The number of carbonyl (C=O) groups excluding carboxylic acids is 1. The third kappa shape index (κ3) is 6.18. The molecule has 10 nitrogen and oxygen atoms in total. The number of nitrogens with zero attached hydrogens (tertiary/aromatic N) is 5. The van der Waals surface area contributed by atoms with E-state index in [1.807, 2.05) is 25.1 Å². The molecule has 1 aliphatic rings. The van der Waals surface area contributed by atoms with Crippen molar-refractivity contribution in [2.45, 2.75) is 19.8 Å². The number of hydrogen-bond acceptors (Lipinski definition) is 9. The van der Waals surface area contributed by atoms with Gasteiger partial charge < -0.3 is 21.3 Å². The summed E-state index contributed by atoms with van der Waals surface area (Å²) < 4.78 is 14.9. The van der Waals surface area contributed by atoms with Gasteiger partial charge in [-0.05, 0) is 69.3 Å². The molecule has 0 bridgehead atoms. The van der Waals surface area contributed by atoms with Crippen molar-refractivity contribution in [2.75, 3.05) is 29.0 Å². The van der Waals surface area contributed by atoms with Crippen LogP contribution in [0.5, 0.6) is 0 Å². The van der Waals surface area contributed by atoms with Crippen molar-refractivity contribution in [1.82, 2.24) is 30.2 Å². The zero-order valence-electron chi connectivity index (χ0n) is 20.5. The van der Waals surface area contributed by atoms with Crippen LogP contribution < -0.4 is 21.3 Å². The lowest BCUT2D eigenvalue weighted by molar-refractivity contribution is -0.120. The summed E-state index contributed by atoms with van der Waals surface area (Å²) in [5.41, 5.74) is 1.82. The smallest absolute Gasteiger partial charge is 0.229 e. The van der Waals surface area contributed by atoms with Crippen LogP contribution in [0, 0.1) is 18.7 Å². The zero-order valence-corrected chi connectivity index (χ0v) is 21.3. The topological polar surface area (TPSA) is 130 Å². The van der Waals surface area contributed by atoms with Crippen LogP contribution in [0.1, 0.15) is 18.5 Å². The summed E-state index contributed by atoms with van der Waals surface area (Å²) in [6.45, 7) is 3.42. The van der Waals surface area contributed by atoms with Crippen LogP contribution >= 0.6 is 11.6 Å². The first kappa shape index (κ1) is 25.4. The minimum Gasteiger partial charge on any atom is -0.325 e. The number of carbonyl (C=O) groups is 1. The summed E-state index contributed by atoms with van der Waals surface area (Å²) in [4.78, 5) is 34.4. The van der Waals surface area contributed by atoms with E-state index in [0.29, 0.717) is 41.7 Å². The maximum absolute atomic E-state index is 14.9. The van der Waals surface area contributed by atoms with Crippen molar-refractivity contribution < 1.29 is 9.18 Å². The minimum absolute atomic E-state index is 0.0419. The highest BCUT2D eigenvalue weighted by atomic mass is 35.5. The molecule has 4 N–H and O–H groups in total. The predicted molar refractivity (Wildman–Crippen MR) is 144 cm³/mol. The standard InChI is InChI=1S/C26H25ClFN9O/c1-15-3-2-4-20(32-15)24-30-11-7-21(35-24)34-22-8-12-31-26(36-22)33-17-13-18(27)23(19(28)14-17)37-25(38)16-5-9-29-10-6-16/h2-4,7-8,11-14,16,29H,5-6,9-10H2,1H3,(H,37,38)(H2,30,31,33,34,35,36). The van der Waals surface area contributed by atoms with Crippen molar-refractivity contribution in [2.24, 2.45) is 5.92 Å². The second kappa shape index (κ2) is 11.4. The van der Waals surface area contributed by atoms with Gasteiger partial charge in [-0.1, -0.05) is 17.7 Å². The lowest BCUT2D eigenvalue weighted by atomic mass is 9.97. The molecule has 0 unspecified atom stereocenters. The number of rotatable bonds is 7. The number of aryl methyl sites for hydroxylation is 1. The highest BCUT2D eigenvalue weighted by Crippen LogP contribution is 2.31. The Morgan fingerprint density at radius 3 is 2.53 bits per heavy atom. The van der Waals surface area contributed by atoms with Crippen LogP contribution in [0.25, 0.3) is 11.5 Å². The Balaban J connectivity index is 1.28. The van der Waals surface area contributed by atoms with E-state index >= 15 is 0 Å². The second-order valence-electron chi connectivity index (χ2n) is 8.77. The van der Waals surface area contributed by atoms with Crippen molar-refractivity contribution in [1.29, 1.82) is 0 Å². The van der Waals surface area contributed by atoms with Gasteiger partial charge in [0.25, 0.3) is 0 Å². The number of pyridine rings is 1. The van der Waals surface area contributed by atoms with Crippen molar-refractivity contribution in [3.63, 3.8) is 0 Å². The number of amides is 1. The van der Waals surface area contributed by atoms with E-state index in [9.17, 15) is 9.18 Å². The fourth-order valence-electron chi connectivity index (χ4n) is 4.04. The quantitative estimate of drug-likeness (QED) is 0.263. The van der Waals surface area contributed by atoms with Crippen LogP contribution in [0.3, 0.4) is 0 Å². The molecule has 3 aromatic heterocycles. The van der Waals surface area contributed by atoms with Crippen LogP contribution in [-0.2, 0) is 4.79 Å². The average Bonchev–Trinajstić information content (AvgIpc) is 2.91. The minimum atomic E-state index is -0.658. The molecule has 5 rings (SSSR count). The molecule has 4 heterocycles. The van der Waals surface area contributed by atoms with Crippen molar-refractivity contribution >= 4 is 46.5 Å². The molecule has 0 aliphatic carbocycles. The van der Waals surface area contributed by atoms with Gasteiger partial charge in [0.15, 0.2) is 5.82 Å². The summed E-state index contributed by atoms with van der Waals surface area (Å²) >= 11 is 6.32. The van der Waals surface area contributed by atoms with Gasteiger partial charge >= 0.3 is 0 Å². The second-order valence-corrected chi connectivity index (χ2v) is 9.18. The number of benzene rings is 1. The summed E-state index contributed by atoms with van der Waals surface area (Å²) in [5, 5.41) is 12.0. The number of nitrogens with one attached hydrogen (secondary N) is 4. The highest BCUT2D eigenvalue weighted by molar-refractivity contribution is 6.34. The Labute approximate surface area is 223 Å². The Kier molecular flexibility index (Phi) is 7.66. The molecule has 0 saturated carbocycles. The molecule has 1 saturated heterocycles. The Bertz CT molecular complexity index is 1440. The van der Waals surface area contributed by atoms with Crippen LogP contribution in [-0.4, -0.2) is 43.9 Å². The van der Waals surface area contributed by atoms with Crippen LogP contribution in [0.2, 0.25) is 5.02 Å². The zero-order chi connectivity index (χ0) is 26.5. The third-order valence-corrected chi connectivity index (χ3v) is 6.24. The highest BCUT2D eigenvalue weighted by Gasteiger charge is 2.23. The Morgan fingerprint density at radius 1 is 1.00 bits per heavy atom. The van der Waals surface area contributed by atoms with E-state index in [2.05, 4.69) is 46.2 Å². The van der Waals surface area contributed by atoms with E-state index in [0.717, 1.165) is 18.8 Å². The molecular weight excluding hydrogens is 509 g/mol. The van der Waals surface area contributed by atoms with E-state index in [1.54, 1.807) is 24.5 Å². The first-order chi connectivity index (χ1) is 18.4. The lowest BCUT2D eigenvalue weighted by Gasteiger charge is -2.22. The molecule has 194 valence electrons. The Morgan fingerprint density at radius 2 is 1.76 bits per heavy atom. The average molecular weight is 534 g/mol. The fraction of sp³-hybridized carbons (Fsp3) is 0.231. The molecule has 1 aliphatic heterocycles. The molecule has 1 fully saturated rings. The summed E-state index contributed by atoms with van der Waals surface area (Å²) in [6, 6.07) is 11.8. The van der Waals surface area contributed by atoms with Gasteiger partial charge in [-0.2, -0.15) is 4.98 Å². The fourth-order valence-corrected chi connectivity index (χ4v) is 4.30. The van der Waals surface area contributed by atoms with Crippen LogP contribution in [0.4, 0.5) is 33.3 Å². The summed E-state index contributed by atoms with van der Waals surface area (Å²) in [5.74, 6) is 0.603. The number of anilines is 5. The summed E-state index contributed by atoms with van der Waals surface area (Å²) in [6.07, 6.45) is 4.58. The number of aromatic nitrogens is 5. The molecule has 1 amide bonds. The molecule has 12 heteroatoms. The lowest BCUT2D eigenvalue weighted by Crippen LogP contribution is -2.34. The van der Waals surface area contributed by atoms with Gasteiger partial charge in [0, 0.05) is 29.7 Å². The Hall–Kier alpha value is -4.22. The maximum atomic E-state index is 14.9. The van der Waals surface area contributed by atoms with E-state index < -0.39 is 5.82 Å². The largest absolute Gasteiger partial charge is 0.325 e. The van der Waals surface area contributed by atoms with Crippen LogP contribution in [0.15, 0.2) is 54.9 Å². The van der Waals surface area contributed by atoms with E-state index in [1.165, 1.54) is 12.1 Å². The van der Waals surface area contributed by atoms with Gasteiger partial charge in [-0.25, -0.2) is 24.3 Å². The first-order valence-electron chi connectivity index (χ1n) is 12.1. The SMILES string of the molecule is Cc1cccc(-c2nccc(Nc3ccnc(Nc4cc(F)c(NC(=O)C5CCNCC5)c(Cl)c4)n3)n2)n1. The maximum Gasteiger partial charge on any atom is 0.229 e. The molecule has 1 aromatic carbocycles.